The van der Waals surface area contributed by atoms with Crippen LogP contribution in [0.5, 0.6) is 0 Å². The van der Waals surface area contributed by atoms with Crippen molar-refractivity contribution in [3.63, 3.8) is 0 Å². The molecule has 2 heterocycles. The van der Waals surface area contributed by atoms with Crippen molar-refractivity contribution in [3.8, 4) is 0 Å². The van der Waals surface area contributed by atoms with Crippen molar-refractivity contribution in [3.05, 3.63) is 23.4 Å². The second kappa shape index (κ2) is 3.95. The summed E-state index contributed by atoms with van der Waals surface area (Å²) in [5, 5.41) is 8.91. The number of carboxylic acids is 1. The molecule has 1 amide bonds. The molecule has 2 aliphatic heterocycles. The number of aliphatic carboxylic acids is 1. The van der Waals surface area contributed by atoms with Gasteiger partial charge in [-0.2, -0.15) is 0 Å². The van der Waals surface area contributed by atoms with Crippen LogP contribution in [0.3, 0.4) is 0 Å². The van der Waals surface area contributed by atoms with Crippen LogP contribution in [0.2, 0.25) is 0 Å². The minimum absolute atomic E-state index is 0.0774. The highest BCUT2D eigenvalue weighted by atomic mass is 32.2. The smallest absolute Gasteiger partial charge is 0.352 e. The van der Waals surface area contributed by atoms with E-state index < -0.39 is 12.0 Å². The van der Waals surface area contributed by atoms with Gasteiger partial charge < -0.3 is 10.8 Å². The summed E-state index contributed by atoms with van der Waals surface area (Å²) in [4.78, 5) is 24.0. The fourth-order valence-corrected chi connectivity index (χ4v) is 3.13. The Bertz CT molecular complexity index is 416. The van der Waals surface area contributed by atoms with Crippen molar-refractivity contribution in [2.75, 3.05) is 5.75 Å². The normalized spacial score (nSPS) is 29.4. The molecule has 0 aliphatic carbocycles. The lowest BCUT2D eigenvalue weighted by Gasteiger charge is -2.47. The van der Waals surface area contributed by atoms with Crippen LogP contribution in [0.15, 0.2) is 23.4 Å². The van der Waals surface area contributed by atoms with Crippen LogP contribution in [0, 0.1) is 0 Å². The van der Waals surface area contributed by atoms with E-state index in [0.29, 0.717) is 11.3 Å². The summed E-state index contributed by atoms with van der Waals surface area (Å²) in [6, 6.07) is -0.563. The highest BCUT2D eigenvalue weighted by Crippen LogP contribution is 2.39. The van der Waals surface area contributed by atoms with Gasteiger partial charge in [-0.15, -0.1) is 11.8 Å². The molecule has 0 aromatic carbocycles. The second-order valence-corrected chi connectivity index (χ2v) is 4.72. The number of carboxylic acid groups (broad SMARTS) is 1. The molecule has 2 unspecified atom stereocenters. The predicted molar refractivity (Wildman–Crippen MR) is 60.5 cm³/mol. The van der Waals surface area contributed by atoms with Crippen LogP contribution in [0.25, 0.3) is 0 Å². The summed E-state index contributed by atoms with van der Waals surface area (Å²) in [6.45, 7) is 1.81. The van der Waals surface area contributed by atoms with Crippen LogP contribution in [0.4, 0.5) is 0 Å². The molecule has 2 atom stereocenters. The molecule has 5 nitrogen and oxygen atoms in total. The fourth-order valence-electron chi connectivity index (χ4n) is 1.87. The molecule has 86 valence electrons. The fraction of sp³-hybridized carbons (Fsp3) is 0.400. The molecule has 2 rings (SSSR count). The first-order chi connectivity index (χ1) is 7.57. The van der Waals surface area contributed by atoms with Gasteiger partial charge in [0.25, 0.3) is 0 Å². The van der Waals surface area contributed by atoms with Gasteiger partial charge in [-0.05, 0) is 12.5 Å². The number of carbonyl (C=O) groups excluding carboxylic acids is 1. The van der Waals surface area contributed by atoms with Crippen LogP contribution in [0.1, 0.15) is 6.92 Å². The van der Waals surface area contributed by atoms with Gasteiger partial charge in [-0.25, -0.2) is 4.79 Å². The molecular weight excluding hydrogens is 228 g/mol. The number of nitrogens with zero attached hydrogens (tertiary/aromatic N) is 1. The summed E-state index contributed by atoms with van der Waals surface area (Å²) in [7, 11) is 0. The number of thioether (sulfide) groups is 1. The molecule has 1 fully saturated rings. The standard InChI is InChI=1S/C10H12N2O3S/c1-2-3-5-4-16-9-6(11)8(13)12(9)7(5)10(14)15/h2-3,6,9H,4,11H2,1H3,(H,14,15)/b3-2+. The van der Waals surface area contributed by atoms with Gasteiger partial charge in [0.2, 0.25) is 5.91 Å². The average molecular weight is 240 g/mol. The van der Waals surface area contributed by atoms with E-state index >= 15 is 0 Å². The van der Waals surface area contributed by atoms with E-state index in [9.17, 15) is 9.59 Å². The van der Waals surface area contributed by atoms with Crippen molar-refractivity contribution < 1.29 is 14.7 Å². The van der Waals surface area contributed by atoms with E-state index in [4.69, 9.17) is 10.8 Å². The zero-order valence-electron chi connectivity index (χ0n) is 8.71. The number of β-lactam (4-membered cyclic amide) rings is 1. The van der Waals surface area contributed by atoms with Gasteiger partial charge in [0, 0.05) is 5.75 Å². The van der Waals surface area contributed by atoms with Gasteiger partial charge in [0.05, 0.1) is 0 Å². The van der Waals surface area contributed by atoms with Crippen molar-refractivity contribution in [2.45, 2.75) is 18.3 Å². The highest BCUT2D eigenvalue weighted by molar-refractivity contribution is 8.00. The monoisotopic (exact) mass is 240 g/mol. The maximum atomic E-state index is 11.5. The third-order valence-corrected chi connectivity index (χ3v) is 3.93. The van der Waals surface area contributed by atoms with E-state index in [0.717, 1.165) is 0 Å². The third kappa shape index (κ3) is 1.45. The SMILES string of the molecule is C/C=C/C1=C(C(=O)O)N2C(=O)C(N)C2SC1. The Kier molecular flexibility index (Phi) is 2.77. The second-order valence-electron chi connectivity index (χ2n) is 3.61. The first-order valence-electron chi connectivity index (χ1n) is 4.87. The van der Waals surface area contributed by atoms with Crippen molar-refractivity contribution in [1.82, 2.24) is 4.90 Å². The molecule has 0 bridgehead atoms. The molecule has 1 saturated heterocycles. The highest BCUT2D eigenvalue weighted by Gasteiger charge is 2.51. The summed E-state index contributed by atoms with van der Waals surface area (Å²) in [5.41, 5.74) is 6.35. The minimum Gasteiger partial charge on any atom is -0.477 e. The predicted octanol–water partition coefficient (Wildman–Crippen LogP) is 0.144. The molecular formula is C10H12N2O3S. The first-order valence-corrected chi connectivity index (χ1v) is 5.92. The number of fused-ring (bicyclic) bond motifs is 1. The van der Waals surface area contributed by atoms with E-state index in [-0.39, 0.29) is 17.0 Å². The number of amides is 1. The summed E-state index contributed by atoms with van der Waals surface area (Å²) < 4.78 is 0. The lowest BCUT2D eigenvalue weighted by atomic mass is 10.0. The Balaban J connectivity index is 2.41. The third-order valence-electron chi connectivity index (χ3n) is 2.61. The van der Waals surface area contributed by atoms with Crippen LogP contribution < -0.4 is 5.73 Å². The zero-order chi connectivity index (χ0) is 11.9. The van der Waals surface area contributed by atoms with Gasteiger partial charge in [0.15, 0.2) is 0 Å². The number of rotatable bonds is 2. The van der Waals surface area contributed by atoms with Crippen LogP contribution in [-0.4, -0.2) is 39.1 Å². The molecule has 6 heteroatoms. The minimum atomic E-state index is -1.07. The van der Waals surface area contributed by atoms with Crippen molar-refractivity contribution in [2.24, 2.45) is 5.73 Å². The summed E-state index contributed by atoms with van der Waals surface area (Å²) in [6.07, 6.45) is 3.49. The molecule has 0 spiro atoms. The van der Waals surface area contributed by atoms with E-state index in [2.05, 4.69) is 0 Å². The molecule has 3 N–H and O–H groups in total. The Hall–Kier alpha value is -1.27. The lowest BCUT2D eigenvalue weighted by molar-refractivity contribution is -0.147. The zero-order valence-corrected chi connectivity index (χ0v) is 9.53. The van der Waals surface area contributed by atoms with Gasteiger partial charge in [0.1, 0.15) is 17.1 Å². The summed E-state index contributed by atoms with van der Waals surface area (Å²) >= 11 is 1.50. The number of hydrogen-bond acceptors (Lipinski definition) is 4. The quantitative estimate of drug-likeness (QED) is 0.671. The Morgan fingerprint density at radius 2 is 2.38 bits per heavy atom. The van der Waals surface area contributed by atoms with E-state index in [1.807, 2.05) is 6.92 Å². The number of hydrogen-bond donors (Lipinski definition) is 2. The molecule has 0 radical (unpaired) electrons. The summed E-state index contributed by atoms with van der Waals surface area (Å²) in [5.74, 6) is -0.802. The van der Waals surface area contributed by atoms with Gasteiger partial charge in [-0.3, -0.25) is 9.69 Å². The van der Waals surface area contributed by atoms with E-state index in [1.54, 1.807) is 12.2 Å². The molecule has 0 saturated carbocycles. The Morgan fingerprint density at radius 3 is 2.94 bits per heavy atom. The lowest BCUT2D eigenvalue weighted by Crippen LogP contribution is -2.68. The van der Waals surface area contributed by atoms with E-state index in [1.165, 1.54) is 16.7 Å². The number of allylic oxidation sites excluding steroid dienone is 2. The van der Waals surface area contributed by atoms with Crippen LogP contribution in [-0.2, 0) is 9.59 Å². The largest absolute Gasteiger partial charge is 0.477 e. The Morgan fingerprint density at radius 1 is 1.69 bits per heavy atom. The molecule has 16 heavy (non-hydrogen) atoms. The van der Waals surface area contributed by atoms with Gasteiger partial charge >= 0.3 is 5.97 Å². The average Bonchev–Trinajstić information content (AvgIpc) is 2.27. The maximum Gasteiger partial charge on any atom is 0.352 e. The number of nitrogens with two attached hydrogens (primary N) is 1. The Labute approximate surface area is 97.0 Å². The topological polar surface area (TPSA) is 83.6 Å². The van der Waals surface area contributed by atoms with Gasteiger partial charge in [-0.1, -0.05) is 12.2 Å². The van der Waals surface area contributed by atoms with Crippen LogP contribution >= 0.6 is 11.8 Å². The van der Waals surface area contributed by atoms with Crippen molar-refractivity contribution >= 4 is 23.6 Å². The maximum absolute atomic E-state index is 11.5. The van der Waals surface area contributed by atoms with Crippen molar-refractivity contribution in [1.29, 1.82) is 0 Å². The molecule has 0 aromatic heterocycles. The molecule has 2 aliphatic rings. The first kappa shape index (κ1) is 11.2. The molecule has 0 aromatic rings. The number of carbonyl (C=O) groups is 2.